The van der Waals surface area contributed by atoms with Gasteiger partial charge in [-0.3, -0.25) is 4.98 Å². The van der Waals surface area contributed by atoms with Crippen LogP contribution in [0.15, 0.2) is 207 Å². The Morgan fingerprint density at radius 1 is 0.333 bits per heavy atom. The molecule has 0 saturated carbocycles. The third kappa shape index (κ3) is 5.58. The van der Waals surface area contributed by atoms with Crippen LogP contribution in [0.25, 0.3) is 105 Å². The number of fused-ring (bicyclic) bond motifs is 5. The predicted octanol–water partition coefficient (Wildman–Crippen LogP) is 13.6. The second-order valence-corrected chi connectivity index (χ2v) is 14.4. The number of hydrogen-bond acceptors (Lipinski definition) is 3. The molecule has 0 spiro atoms. The van der Waals surface area contributed by atoms with E-state index >= 15 is 0 Å². The van der Waals surface area contributed by atoms with E-state index in [1.54, 1.807) is 6.20 Å². The smallest absolute Gasteiger partial charge is 0.161 e. The largest absolute Gasteiger partial charge is 0.309 e. The molecule has 0 unspecified atom stereocenters. The SMILES string of the molecule is c1ccc(-c2c3ccccc3c(-c3nc(-c4ccc(-c5cccnc5)cc4)cc(-c4ccc(-n5c6ccccc6c6ccccc65)cc4)n3)c3ccccc23)cc1. The molecule has 11 rings (SSSR count). The minimum Gasteiger partial charge on any atom is -0.309 e. The van der Waals surface area contributed by atoms with Crippen LogP contribution in [0.1, 0.15) is 0 Å². The Kier molecular flexibility index (Phi) is 7.78. The van der Waals surface area contributed by atoms with E-state index in [0.29, 0.717) is 5.82 Å². The van der Waals surface area contributed by atoms with Gasteiger partial charge in [-0.05, 0) is 80.2 Å². The highest BCUT2D eigenvalue weighted by atomic mass is 15.0. The summed E-state index contributed by atoms with van der Waals surface area (Å²) in [5.74, 6) is 0.692. The van der Waals surface area contributed by atoms with Crippen LogP contribution < -0.4 is 0 Å². The maximum Gasteiger partial charge on any atom is 0.161 e. The van der Waals surface area contributed by atoms with Gasteiger partial charge in [0.1, 0.15) is 0 Å². The fourth-order valence-corrected chi connectivity index (χ4v) is 8.49. The number of para-hydroxylation sites is 2. The van der Waals surface area contributed by atoms with Crippen molar-refractivity contribution in [3.05, 3.63) is 207 Å². The molecule has 4 nitrogen and oxygen atoms in total. The lowest BCUT2D eigenvalue weighted by Crippen LogP contribution is -1.99. The van der Waals surface area contributed by atoms with Crippen molar-refractivity contribution in [2.45, 2.75) is 0 Å². The van der Waals surface area contributed by atoms with Crippen LogP contribution in [0, 0.1) is 0 Å². The van der Waals surface area contributed by atoms with E-state index in [0.717, 1.165) is 55.7 Å². The van der Waals surface area contributed by atoms with Crippen molar-refractivity contribution >= 4 is 43.4 Å². The molecular weight excluding hydrogens is 693 g/mol. The monoisotopic (exact) mass is 726 g/mol. The van der Waals surface area contributed by atoms with Gasteiger partial charge in [-0.2, -0.15) is 0 Å². The average molecular weight is 727 g/mol. The van der Waals surface area contributed by atoms with Crippen molar-refractivity contribution in [1.29, 1.82) is 0 Å². The first-order valence-corrected chi connectivity index (χ1v) is 19.3. The van der Waals surface area contributed by atoms with Gasteiger partial charge in [0.2, 0.25) is 0 Å². The van der Waals surface area contributed by atoms with Gasteiger partial charge in [-0.25, -0.2) is 9.97 Å². The van der Waals surface area contributed by atoms with E-state index in [9.17, 15) is 0 Å². The molecule has 266 valence electrons. The van der Waals surface area contributed by atoms with Crippen molar-refractivity contribution in [1.82, 2.24) is 19.5 Å². The summed E-state index contributed by atoms with van der Waals surface area (Å²) in [4.78, 5) is 15.2. The molecule has 0 aliphatic carbocycles. The number of benzene rings is 8. The molecule has 0 saturated heterocycles. The zero-order valence-electron chi connectivity index (χ0n) is 30.9. The molecule has 11 aromatic rings. The molecular formula is C53H34N4. The molecule has 0 bridgehead atoms. The molecule has 0 amide bonds. The van der Waals surface area contributed by atoms with Gasteiger partial charge in [-0.1, -0.05) is 158 Å². The molecule has 0 aliphatic rings. The summed E-state index contributed by atoms with van der Waals surface area (Å²) in [6.07, 6.45) is 3.70. The zero-order chi connectivity index (χ0) is 37.7. The second kappa shape index (κ2) is 13.6. The van der Waals surface area contributed by atoms with Crippen LogP contribution in [0.3, 0.4) is 0 Å². The van der Waals surface area contributed by atoms with Gasteiger partial charge in [0.15, 0.2) is 5.82 Å². The minimum absolute atomic E-state index is 0.692. The Hall–Kier alpha value is -7.69. The Bertz CT molecular complexity index is 3150. The Labute approximate surface area is 330 Å². The van der Waals surface area contributed by atoms with Crippen molar-refractivity contribution in [3.8, 4) is 61.8 Å². The summed E-state index contributed by atoms with van der Waals surface area (Å²) >= 11 is 0. The molecule has 57 heavy (non-hydrogen) atoms. The Morgan fingerprint density at radius 3 is 1.33 bits per heavy atom. The van der Waals surface area contributed by atoms with Crippen LogP contribution in [0.4, 0.5) is 0 Å². The number of aromatic nitrogens is 4. The van der Waals surface area contributed by atoms with Crippen LogP contribution in [-0.4, -0.2) is 19.5 Å². The minimum atomic E-state index is 0.692. The van der Waals surface area contributed by atoms with Gasteiger partial charge in [0, 0.05) is 45.5 Å². The van der Waals surface area contributed by atoms with Crippen LogP contribution >= 0.6 is 0 Å². The van der Waals surface area contributed by atoms with E-state index < -0.39 is 0 Å². The highest BCUT2D eigenvalue weighted by Gasteiger charge is 2.20. The molecule has 3 heterocycles. The van der Waals surface area contributed by atoms with E-state index in [-0.39, 0.29) is 0 Å². The number of pyridine rings is 1. The van der Waals surface area contributed by atoms with Crippen molar-refractivity contribution in [3.63, 3.8) is 0 Å². The lowest BCUT2D eigenvalue weighted by Gasteiger charge is -2.18. The molecule has 4 heteroatoms. The van der Waals surface area contributed by atoms with E-state index in [1.165, 1.54) is 43.7 Å². The van der Waals surface area contributed by atoms with Crippen molar-refractivity contribution in [2.75, 3.05) is 0 Å². The van der Waals surface area contributed by atoms with Crippen LogP contribution in [0.2, 0.25) is 0 Å². The summed E-state index contributed by atoms with van der Waals surface area (Å²) in [7, 11) is 0. The molecule has 0 radical (unpaired) electrons. The fourth-order valence-electron chi connectivity index (χ4n) is 8.49. The highest BCUT2D eigenvalue weighted by molar-refractivity contribution is 6.21. The summed E-state index contributed by atoms with van der Waals surface area (Å²) < 4.78 is 2.35. The predicted molar refractivity (Wildman–Crippen MR) is 236 cm³/mol. The highest BCUT2D eigenvalue weighted by Crippen LogP contribution is 2.43. The summed E-state index contributed by atoms with van der Waals surface area (Å²) in [6.45, 7) is 0. The molecule has 3 aromatic heterocycles. The van der Waals surface area contributed by atoms with Crippen LogP contribution in [-0.2, 0) is 0 Å². The van der Waals surface area contributed by atoms with Gasteiger partial charge in [0.05, 0.1) is 22.4 Å². The summed E-state index contributed by atoms with van der Waals surface area (Å²) in [6, 6.07) is 68.8. The third-order valence-electron chi connectivity index (χ3n) is 11.1. The topological polar surface area (TPSA) is 43.6 Å². The van der Waals surface area contributed by atoms with E-state index in [4.69, 9.17) is 9.97 Å². The van der Waals surface area contributed by atoms with E-state index in [2.05, 4.69) is 198 Å². The maximum atomic E-state index is 5.43. The van der Waals surface area contributed by atoms with E-state index in [1.807, 2.05) is 12.3 Å². The number of rotatable bonds is 6. The third-order valence-corrected chi connectivity index (χ3v) is 11.1. The lowest BCUT2D eigenvalue weighted by molar-refractivity contribution is 1.17. The van der Waals surface area contributed by atoms with Crippen molar-refractivity contribution < 1.29 is 0 Å². The second-order valence-electron chi connectivity index (χ2n) is 14.4. The molecule has 0 N–H and O–H groups in total. The number of hydrogen-bond donors (Lipinski definition) is 0. The average Bonchev–Trinajstić information content (AvgIpc) is 3.63. The summed E-state index contributed by atoms with van der Waals surface area (Å²) in [5.41, 5.74) is 12.8. The Morgan fingerprint density at radius 2 is 0.789 bits per heavy atom. The summed E-state index contributed by atoms with van der Waals surface area (Å²) in [5, 5.41) is 7.07. The molecule has 0 aliphatic heterocycles. The quantitative estimate of drug-likeness (QED) is 0.160. The first-order valence-electron chi connectivity index (χ1n) is 19.3. The molecule has 8 aromatic carbocycles. The van der Waals surface area contributed by atoms with Gasteiger partial charge in [0.25, 0.3) is 0 Å². The fraction of sp³-hybridized carbons (Fsp3) is 0. The standard InChI is InChI=1S/C53H34N4/c1-2-13-38(14-3-1)51-43-18-4-6-20-45(43)52(46-21-7-5-19-44(46)51)53-55-47(36-26-24-35(25-27-36)39-15-12-32-54-34-39)33-48(56-53)37-28-30-40(31-29-37)57-49-22-10-8-16-41(49)42-17-9-11-23-50(42)57/h1-34H. The van der Waals surface area contributed by atoms with Gasteiger partial charge in [-0.15, -0.1) is 0 Å². The normalized spacial score (nSPS) is 11.5. The van der Waals surface area contributed by atoms with Crippen molar-refractivity contribution in [2.24, 2.45) is 0 Å². The number of nitrogens with zero attached hydrogens (tertiary/aromatic N) is 4. The Balaban J connectivity index is 1.12. The van der Waals surface area contributed by atoms with Gasteiger partial charge >= 0.3 is 0 Å². The molecule has 0 fully saturated rings. The first kappa shape index (κ1) is 32.7. The first-order chi connectivity index (χ1) is 28.3. The molecule has 0 atom stereocenters. The maximum absolute atomic E-state index is 5.43. The van der Waals surface area contributed by atoms with Crippen LogP contribution in [0.5, 0.6) is 0 Å². The van der Waals surface area contributed by atoms with Gasteiger partial charge < -0.3 is 4.57 Å². The lowest BCUT2D eigenvalue weighted by atomic mass is 9.88. The zero-order valence-corrected chi connectivity index (χ0v) is 30.9.